The standard InChI is InChI=1S/C28H46N2O6/c1-6-7-8-9-13-16-24(20(4)27(33)30-26(19(2)3)28(34)35)36-25(32)18-23(31)22(29-5)17-21-14-11-10-12-15-21/h10-12,14-15,19-20,22-24,26,29,31H,6-9,13,16-18H2,1-5H3,(H,30,33)(H,34,35)/t20-,22-,23+,24+,26?/m0/s1. The topological polar surface area (TPSA) is 125 Å². The normalized spacial score (nSPS) is 15.5. The summed E-state index contributed by atoms with van der Waals surface area (Å²) >= 11 is 0. The highest BCUT2D eigenvalue weighted by molar-refractivity contribution is 5.85. The monoisotopic (exact) mass is 506 g/mol. The number of hydrogen-bond donors (Lipinski definition) is 4. The number of hydrogen-bond acceptors (Lipinski definition) is 6. The average molecular weight is 507 g/mol. The smallest absolute Gasteiger partial charge is 0.326 e. The van der Waals surface area contributed by atoms with E-state index in [1.165, 1.54) is 0 Å². The zero-order chi connectivity index (χ0) is 27.1. The Morgan fingerprint density at radius 1 is 1.00 bits per heavy atom. The molecule has 0 bridgehead atoms. The number of aliphatic carboxylic acids is 1. The van der Waals surface area contributed by atoms with E-state index < -0.39 is 42.0 Å². The number of carboxylic acid groups (broad SMARTS) is 1. The Morgan fingerprint density at radius 2 is 1.64 bits per heavy atom. The molecule has 0 heterocycles. The number of nitrogens with one attached hydrogen (secondary N) is 2. The summed E-state index contributed by atoms with van der Waals surface area (Å²) in [5, 5.41) is 25.8. The van der Waals surface area contributed by atoms with Gasteiger partial charge in [-0.1, -0.05) is 83.7 Å². The summed E-state index contributed by atoms with van der Waals surface area (Å²) in [6.45, 7) is 7.24. The quantitative estimate of drug-likeness (QED) is 0.177. The second-order valence-electron chi connectivity index (χ2n) is 9.94. The van der Waals surface area contributed by atoms with Gasteiger partial charge in [0.05, 0.1) is 18.4 Å². The van der Waals surface area contributed by atoms with Gasteiger partial charge in [-0.2, -0.15) is 0 Å². The molecule has 0 fully saturated rings. The molecule has 1 amide bonds. The fraction of sp³-hybridized carbons (Fsp3) is 0.679. The summed E-state index contributed by atoms with van der Waals surface area (Å²) in [4.78, 5) is 37.2. The van der Waals surface area contributed by atoms with Crippen molar-refractivity contribution in [2.45, 2.75) is 103 Å². The Kier molecular flexibility index (Phi) is 15.0. The van der Waals surface area contributed by atoms with Crippen molar-refractivity contribution in [2.75, 3.05) is 7.05 Å². The molecule has 36 heavy (non-hydrogen) atoms. The highest BCUT2D eigenvalue weighted by Gasteiger charge is 2.32. The Morgan fingerprint density at radius 3 is 2.19 bits per heavy atom. The minimum Gasteiger partial charge on any atom is -0.480 e. The molecular weight excluding hydrogens is 460 g/mol. The van der Waals surface area contributed by atoms with Crippen LogP contribution in [0.5, 0.6) is 0 Å². The van der Waals surface area contributed by atoms with Gasteiger partial charge in [0.1, 0.15) is 12.1 Å². The number of carboxylic acids is 1. The van der Waals surface area contributed by atoms with Crippen LogP contribution in [0.4, 0.5) is 0 Å². The maximum Gasteiger partial charge on any atom is 0.326 e. The minimum atomic E-state index is -1.10. The number of esters is 1. The number of likely N-dealkylation sites (N-methyl/N-ethyl adjacent to an activating group) is 1. The lowest BCUT2D eigenvalue weighted by Gasteiger charge is -2.27. The van der Waals surface area contributed by atoms with Crippen molar-refractivity contribution in [1.82, 2.24) is 10.6 Å². The lowest BCUT2D eigenvalue weighted by atomic mass is 9.95. The molecule has 1 unspecified atom stereocenters. The van der Waals surface area contributed by atoms with Crippen LogP contribution in [0.1, 0.15) is 78.2 Å². The molecule has 1 aromatic rings. The third-order valence-corrected chi connectivity index (χ3v) is 6.59. The fourth-order valence-corrected chi connectivity index (χ4v) is 4.16. The number of benzene rings is 1. The molecule has 0 aliphatic carbocycles. The van der Waals surface area contributed by atoms with Gasteiger partial charge in [-0.05, 0) is 37.8 Å². The first kappa shape index (κ1) is 31.6. The predicted molar refractivity (Wildman–Crippen MR) is 140 cm³/mol. The molecule has 8 heteroatoms. The van der Waals surface area contributed by atoms with E-state index in [1.54, 1.807) is 27.8 Å². The number of amides is 1. The van der Waals surface area contributed by atoms with Gasteiger partial charge in [-0.3, -0.25) is 9.59 Å². The number of rotatable bonds is 18. The number of aliphatic hydroxyl groups excluding tert-OH is 1. The first-order chi connectivity index (χ1) is 17.1. The molecule has 0 spiro atoms. The average Bonchev–Trinajstić information content (AvgIpc) is 2.84. The minimum absolute atomic E-state index is 0.206. The molecule has 0 radical (unpaired) electrons. The summed E-state index contributed by atoms with van der Waals surface area (Å²) in [5.74, 6) is -3.14. The molecule has 1 aromatic carbocycles. The van der Waals surface area contributed by atoms with Crippen molar-refractivity contribution >= 4 is 17.8 Å². The molecular formula is C28H46N2O6. The van der Waals surface area contributed by atoms with Crippen LogP contribution in [0, 0.1) is 11.8 Å². The Bertz CT molecular complexity index is 786. The van der Waals surface area contributed by atoms with E-state index in [2.05, 4.69) is 17.6 Å². The second kappa shape index (κ2) is 17.1. The molecule has 204 valence electrons. The third-order valence-electron chi connectivity index (χ3n) is 6.59. The number of unbranched alkanes of at least 4 members (excludes halogenated alkanes) is 4. The van der Waals surface area contributed by atoms with E-state index in [9.17, 15) is 24.6 Å². The van der Waals surface area contributed by atoms with Crippen molar-refractivity contribution in [3.8, 4) is 0 Å². The summed E-state index contributed by atoms with van der Waals surface area (Å²) in [6.07, 6.45) is 4.22. The number of carbonyl (C=O) groups excluding carboxylic acids is 2. The van der Waals surface area contributed by atoms with Gasteiger partial charge in [0.15, 0.2) is 0 Å². The molecule has 0 aliphatic heterocycles. The summed E-state index contributed by atoms with van der Waals surface area (Å²) in [6, 6.07) is 8.35. The Labute approximate surface area is 216 Å². The maximum absolute atomic E-state index is 12.9. The third kappa shape index (κ3) is 11.5. The van der Waals surface area contributed by atoms with Crippen LogP contribution < -0.4 is 10.6 Å². The lowest BCUT2D eigenvalue weighted by molar-refractivity contribution is -0.157. The van der Waals surface area contributed by atoms with Crippen molar-refractivity contribution < 1.29 is 29.3 Å². The summed E-state index contributed by atoms with van der Waals surface area (Å²) in [7, 11) is 1.74. The molecule has 0 aliphatic rings. The highest BCUT2D eigenvalue weighted by Crippen LogP contribution is 2.19. The maximum atomic E-state index is 12.9. The van der Waals surface area contributed by atoms with Gasteiger partial charge in [0, 0.05) is 6.04 Å². The van der Waals surface area contributed by atoms with Crippen LogP contribution in [0.25, 0.3) is 0 Å². The Hall–Kier alpha value is -2.45. The molecule has 0 saturated carbocycles. The van der Waals surface area contributed by atoms with Crippen LogP contribution in [0.2, 0.25) is 0 Å². The first-order valence-electron chi connectivity index (χ1n) is 13.2. The van der Waals surface area contributed by atoms with E-state index in [0.717, 1.165) is 37.7 Å². The van der Waals surface area contributed by atoms with E-state index in [1.807, 2.05) is 30.3 Å². The largest absolute Gasteiger partial charge is 0.480 e. The van der Waals surface area contributed by atoms with E-state index in [4.69, 9.17) is 4.74 Å². The van der Waals surface area contributed by atoms with Crippen LogP contribution in [0.3, 0.4) is 0 Å². The van der Waals surface area contributed by atoms with E-state index in [-0.39, 0.29) is 18.4 Å². The molecule has 8 nitrogen and oxygen atoms in total. The van der Waals surface area contributed by atoms with Gasteiger partial charge in [0.2, 0.25) is 5.91 Å². The summed E-state index contributed by atoms with van der Waals surface area (Å²) < 4.78 is 5.72. The fourth-order valence-electron chi connectivity index (χ4n) is 4.16. The van der Waals surface area contributed by atoms with Crippen LogP contribution in [-0.4, -0.2) is 59.4 Å². The van der Waals surface area contributed by atoms with Gasteiger partial charge >= 0.3 is 11.9 Å². The van der Waals surface area contributed by atoms with Gasteiger partial charge in [-0.25, -0.2) is 4.79 Å². The SMILES string of the molecule is CCCCCCC[C@@H](OC(=O)C[C@@H](O)[C@H](Cc1ccccc1)NC)[C@H](C)C(=O)NC(C(=O)O)C(C)C. The molecule has 5 atom stereocenters. The molecule has 4 N–H and O–H groups in total. The van der Waals surface area contributed by atoms with E-state index in [0.29, 0.717) is 12.8 Å². The van der Waals surface area contributed by atoms with Crippen molar-refractivity contribution in [3.63, 3.8) is 0 Å². The number of aliphatic hydroxyl groups is 1. The first-order valence-corrected chi connectivity index (χ1v) is 13.2. The summed E-state index contributed by atoms with van der Waals surface area (Å²) in [5.41, 5.74) is 1.04. The zero-order valence-corrected chi connectivity index (χ0v) is 22.5. The molecule has 0 aromatic heterocycles. The Balaban J connectivity index is 2.82. The van der Waals surface area contributed by atoms with Crippen molar-refractivity contribution in [2.24, 2.45) is 11.8 Å². The van der Waals surface area contributed by atoms with Crippen molar-refractivity contribution in [3.05, 3.63) is 35.9 Å². The number of ether oxygens (including phenoxy) is 1. The van der Waals surface area contributed by atoms with Crippen LogP contribution in [-0.2, 0) is 25.5 Å². The van der Waals surface area contributed by atoms with Crippen molar-refractivity contribution in [1.29, 1.82) is 0 Å². The highest BCUT2D eigenvalue weighted by atomic mass is 16.5. The lowest BCUT2D eigenvalue weighted by Crippen LogP contribution is -2.48. The molecule has 1 rings (SSSR count). The van der Waals surface area contributed by atoms with Gasteiger partial charge < -0.3 is 25.6 Å². The predicted octanol–water partition coefficient (Wildman–Crippen LogP) is 3.70. The van der Waals surface area contributed by atoms with Crippen LogP contribution >= 0.6 is 0 Å². The molecule has 0 saturated heterocycles. The van der Waals surface area contributed by atoms with Gasteiger partial charge in [-0.15, -0.1) is 0 Å². The second-order valence-corrected chi connectivity index (χ2v) is 9.94. The number of carbonyl (C=O) groups is 3. The van der Waals surface area contributed by atoms with Gasteiger partial charge in [0.25, 0.3) is 0 Å². The van der Waals surface area contributed by atoms with E-state index >= 15 is 0 Å². The zero-order valence-electron chi connectivity index (χ0n) is 22.5. The van der Waals surface area contributed by atoms with Crippen LogP contribution in [0.15, 0.2) is 30.3 Å².